The summed E-state index contributed by atoms with van der Waals surface area (Å²) < 4.78 is 13.2. The van der Waals surface area contributed by atoms with Gasteiger partial charge in [0.25, 0.3) is 0 Å². The van der Waals surface area contributed by atoms with Crippen LogP contribution in [0.1, 0.15) is 24.4 Å². The standard InChI is InChI=1S/C16H14FN3O2S/c1-9-12(15(21)22)16(2,10-3-5-11(17)6-4-10)20-13(19-9)14-18-7-8-23-14/h3-8H,1-2H3,(H,19,20)(H,21,22). The van der Waals surface area contributed by atoms with Crippen molar-refractivity contribution in [3.05, 3.63) is 63.5 Å². The fraction of sp³-hybridized carbons (Fsp3) is 0.188. The number of carboxylic acids is 1. The third-order valence-corrected chi connectivity index (χ3v) is 4.54. The van der Waals surface area contributed by atoms with Crippen LogP contribution in [0.5, 0.6) is 0 Å². The molecule has 0 radical (unpaired) electrons. The zero-order valence-electron chi connectivity index (χ0n) is 12.5. The summed E-state index contributed by atoms with van der Waals surface area (Å²) in [6.45, 7) is 3.40. The molecule has 1 atom stereocenters. The van der Waals surface area contributed by atoms with E-state index in [9.17, 15) is 14.3 Å². The maximum absolute atomic E-state index is 13.2. The quantitative estimate of drug-likeness (QED) is 0.907. The number of carbonyl (C=O) groups is 1. The molecule has 2 heterocycles. The number of hydrogen-bond acceptors (Lipinski definition) is 5. The van der Waals surface area contributed by atoms with Crippen molar-refractivity contribution in [1.29, 1.82) is 0 Å². The van der Waals surface area contributed by atoms with Crippen molar-refractivity contribution >= 4 is 23.1 Å². The molecule has 2 N–H and O–H groups in total. The minimum atomic E-state index is -1.13. The molecule has 3 rings (SSSR count). The van der Waals surface area contributed by atoms with Crippen LogP contribution in [0.15, 0.2) is 52.1 Å². The number of carboxylic acid groups (broad SMARTS) is 1. The number of thiazole rings is 1. The van der Waals surface area contributed by atoms with Crippen LogP contribution in [0.4, 0.5) is 4.39 Å². The Hall–Kier alpha value is -2.54. The number of nitrogens with one attached hydrogen (secondary N) is 1. The largest absolute Gasteiger partial charge is 0.478 e. The molecule has 0 saturated heterocycles. The highest BCUT2D eigenvalue weighted by molar-refractivity contribution is 7.11. The Morgan fingerprint density at radius 1 is 1.35 bits per heavy atom. The second kappa shape index (κ2) is 5.58. The Balaban J connectivity index is 2.19. The van der Waals surface area contributed by atoms with Gasteiger partial charge >= 0.3 is 5.97 Å². The lowest BCUT2D eigenvalue weighted by atomic mass is 9.82. The lowest BCUT2D eigenvalue weighted by Crippen LogP contribution is -2.40. The number of hydrogen-bond donors (Lipinski definition) is 2. The van der Waals surface area contributed by atoms with E-state index in [1.807, 2.05) is 5.38 Å². The van der Waals surface area contributed by atoms with E-state index in [1.165, 1.54) is 23.5 Å². The summed E-state index contributed by atoms with van der Waals surface area (Å²) in [6.07, 6.45) is 1.66. The Kier molecular flexibility index (Phi) is 3.73. The van der Waals surface area contributed by atoms with Crippen LogP contribution in [-0.2, 0) is 10.3 Å². The zero-order chi connectivity index (χ0) is 16.6. The predicted molar refractivity (Wildman–Crippen MR) is 85.9 cm³/mol. The van der Waals surface area contributed by atoms with Crippen molar-refractivity contribution in [1.82, 2.24) is 10.3 Å². The van der Waals surface area contributed by atoms with Crippen molar-refractivity contribution in [2.24, 2.45) is 4.99 Å². The highest BCUT2D eigenvalue weighted by atomic mass is 32.1. The van der Waals surface area contributed by atoms with Crippen molar-refractivity contribution < 1.29 is 14.3 Å². The number of aliphatic imine (C=N–C) groups is 1. The molecule has 118 valence electrons. The molecule has 1 aromatic carbocycles. The number of rotatable bonds is 3. The average molecular weight is 331 g/mol. The molecule has 23 heavy (non-hydrogen) atoms. The van der Waals surface area contributed by atoms with E-state index in [-0.39, 0.29) is 11.4 Å². The summed E-state index contributed by atoms with van der Waals surface area (Å²) in [7, 11) is 0. The minimum Gasteiger partial charge on any atom is -0.478 e. The third-order valence-electron chi connectivity index (χ3n) is 3.76. The van der Waals surface area contributed by atoms with Crippen LogP contribution in [-0.4, -0.2) is 21.9 Å². The summed E-state index contributed by atoms with van der Waals surface area (Å²) in [5, 5.41) is 15.1. The van der Waals surface area contributed by atoms with Crippen molar-refractivity contribution in [2.45, 2.75) is 19.4 Å². The monoisotopic (exact) mass is 331 g/mol. The molecule has 0 fully saturated rings. The van der Waals surface area contributed by atoms with Gasteiger partial charge in [0.2, 0.25) is 0 Å². The number of aliphatic carboxylic acids is 1. The summed E-state index contributed by atoms with van der Waals surface area (Å²) in [5.41, 5.74) is 0.0933. The van der Waals surface area contributed by atoms with Gasteiger partial charge in [0.05, 0.1) is 5.57 Å². The van der Waals surface area contributed by atoms with Crippen LogP contribution in [0.25, 0.3) is 0 Å². The zero-order valence-corrected chi connectivity index (χ0v) is 13.3. The van der Waals surface area contributed by atoms with Crippen LogP contribution >= 0.6 is 11.3 Å². The molecule has 1 aliphatic rings. The number of benzene rings is 1. The molecule has 0 spiro atoms. The molecule has 0 bridgehead atoms. The molecule has 0 aliphatic carbocycles. The number of allylic oxidation sites excluding steroid dienone is 1. The average Bonchev–Trinajstić information content (AvgIpc) is 3.00. The van der Waals surface area contributed by atoms with E-state index in [4.69, 9.17) is 0 Å². The molecule has 5 nitrogen and oxygen atoms in total. The van der Waals surface area contributed by atoms with Gasteiger partial charge in [-0.1, -0.05) is 12.1 Å². The van der Waals surface area contributed by atoms with Crippen molar-refractivity contribution in [3.8, 4) is 0 Å². The lowest BCUT2D eigenvalue weighted by molar-refractivity contribution is -0.133. The lowest BCUT2D eigenvalue weighted by Gasteiger charge is -2.33. The van der Waals surface area contributed by atoms with Gasteiger partial charge in [0, 0.05) is 17.3 Å². The van der Waals surface area contributed by atoms with E-state index in [0.29, 0.717) is 22.1 Å². The molecular formula is C16H14FN3O2S. The van der Waals surface area contributed by atoms with Crippen LogP contribution in [0.3, 0.4) is 0 Å². The van der Waals surface area contributed by atoms with E-state index < -0.39 is 11.5 Å². The Morgan fingerprint density at radius 3 is 2.61 bits per heavy atom. The first-order chi connectivity index (χ1) is 10.9. The van der Waals surface area contributed by atoms with Gasteiger partial charge in [-0.25, -0.2) is 19.2 Å². The summed E-state index contributed by atoms with van der Waals surface area (Å²) in [5.74, 6) is -0.939. The first-order valence-corrected chi connectivity index (χ1v) is 7.77. The maximum Gasteiger partial charge on any atom is 0.336 e. The molecule has 1 aliphatic heterocycles. The topological polar surface area (TPSA) is 74.6 Å². The van der Waals surface area contributed by atoms with Crippen LogP contribution in [0, 0.1) is 5.82 Å². The highest BCUT2D eigenvalue weighted by Gasteiger charge is 2.40. The third kappa shape index (κ3) is 2.63. The van der Waals surface area contributed by atoms with Crippen molar-refractivity contribution in [3.63, 3.8) is 0 Å². The van der Waals surface area contributed by atoms with Gasteiger partial charge in [-0.3, -0.25) is 0 Å². The maximum atomic E-state index is 13.2. The Morgan fingerprint density at radius 2 is 2.04 bits per heavy atom. The van der Waals surface area contributed by atoms with Gasteiger partial charge in [0.1, 0.15) is 11.4 Å². The molecule has 1 aromatic heterocycles. The molecule has 7 heteroatoms. The summed E-state index contributed by atoms with van der Waals surface area (Å²) in [4.78, 5) is 20.6. The van der Waals surface area contributed by atoms with Crippen molar-refractivity contribution in [2.75, 3.05) is 0 Å². The van der Waals surface area contributed by atoms with Gasteiger partial charge < -0.3 is 10.4 Å². The number of halogens is 1. The first-order valence-electron chi connectivity index (χ1n) is 6.89. The van der Waals surface area contributed by atoms with E-state index in [0.717, 1.165) is 0 Å². The van der Waals surface area contributed by atoms with Crippen LogP contribution < -0.4 is 5.32 Å². The smallest absolute Gasteiger partial charge is 0.336 e. The predicted octanol–water partition coefficient (Wildman–Crippen LogP) is 2.91. The normalized spacial score (nSPS) is 20.9. The van der Waals surface area contributed by atoms with Gasteiger partial charge in [-0.15, -0.1) is 11.3 Å². The van der Waals surface area contributed by atoms with Gasteiger partial charge in [-0.2, -0.15) is 0 Å². The van der Waals surface area contributed by atoms with E-state index in [1.54, 1.807) is 32.2 Å². The van der Waals surface area contributed by atoms with Crippen LogP contribution in [0.2, 0.25) is 0 Å². The van der Waals surface area contributed by atoms with E-state index >= 15 is 0 Å². The number of amidine groups is 1. The SMILES string of the molecule is CC1=C(C(=O)O)C(C)(c2ccc(F)cc2)N=C(c2nccs2)N1. The minimum absolute atomic E-state index is 0.129. The molecule has 1 unspecified atom stereocenters. The second-order valence-electron chi connectivity index (χ2n) is 5.31. The molecular weight excluding hydrogens is 317 g/mol. The van der Waals surface area contributed by atoms with Gasteiger partial charge in [0.15, 0.2) is 10.8 Å². The molecule has 0 amide bonds. The number of nitrogens with zero attached hydrogens (tertiary/aromatic N) is 2. The Labute approximate surface area is 136 Å². The highest BCUT2D eigenvalue weighted by Crippen LogP contribution is 2.38. The van der Waals surface area contributed by atoms with Gasteiger partial charge in [-0.05, 0) is 31.5 Å². The summed E-state index contributed by atoms with van der Waals surface area (Å²) >= 11 is 1.41. The van der Waals surface area contributed by atoms with E-state index in [2.05, 4.69) is 15.3 Å². The summed E-state index contributed by atoms with van der Waals surface area (Å²) in [6, 6.07) is 5.71. The fourth-order valence-corrected chi connectivity index (χ4v) is 3.29. The number of aromatic nitrogens is 1. The fourth-order valence-electron chi connectivity index (χ4n) is 2.71. The first kappa shape index (κ1) is 15.4. The molecule has 2 aromatic rings. The molecule has 0 saturated carbocycles. The Bertz CT molecular complexity index is 812. The second-order valence-corrected chi connectivity index (χ2v) is 6.20.